The lowest BCUT2D eigenvalue weighted by molar-refractivity contribution is -0.122. The summed E-state index contributed by atoms with van der Waals surface area (Å²) in [6.45, 7) is 2.01. The lowest BCUT2D eigenvalue weighted by Gasteiger charge is -2.27. The van der Waals surface area contributed by atoms with Gasteiger partial charge in [0.05, 0.1) is 6.61 Å². The van der Waals surface area contributed by atoms with Crippen LogP contribution < -0.4 is 11.1 Å². The predicted octanol–water partition coefficient (Wildman–Crippen LogP) is 0.904. The smallest absolute Gasteiger partial charge is 0.220 e. The van der Waals surface area contributed by atoms with Crippen LogP contribution in [0.3, 0.4) is 0 Å². The molecule has 94 valence electrons. The van der Waals surface area contributed by atoms with Crippen LogP contribution in [0.4, 0.5) is 0 Å². The van der Waals surface area contributed by atoms with E-state index in [1.807, 2.05) is 0 Å². The Morgan fingerprint density at radius 1 is 1.31 bits per heavy atom. The molecule has 4 heteroatoms. The fraction of sp³-hybridized carbons (Fsp3) is 0.917. The molecule has 0 spiro atoms. The number of hydrogen-bond acceptors (Lipinski definition) is 3. The van der Waals surface area contributed by atoms with Crippen LogP contribution in [0.2, 0.25) is 0 Å². The first-order valence-electron chi connectivity index (χ1n) is 6.22. The molecule has 1 amide bonds. The Hall–Kier alpha value is -0.610. The van der Waals surface area contributed by atoms with Gasteiger partial charge in [-0.1, -0.05) is 0 Å². The van der Waals surface area contributed by atoms with Crippen molar-refractivity contribution in [2.45, 2.75) is 32.1 Å². The molecule has 1 aliphatic rings. The van der Waals surface area contributed by atoms with Crippen LogP contribution in [-0.2, 0) is 9.53 Å². The molecular formula is C12H24N2O2. The fourth-order valence-corrected chi connectivity index (χ4v) is 2.30. The number of ether oxygens (including phenoxy) is 1. The molecule has 0 unspecified atom stereocenters. The van der Waals surface area contributed by atoms with Crippen molar-refractivity contribution in [3.05, 3.63) is 0 Å². The normalized spacial score (nSPS) is 25.4. The molecule has 0 heterocycles. The molecule has 3 N–H and O–H groups in total. The van der Waals surface area contributed by atoms with E-state index >= 15 is 0 Å². The van der Waals surface area contributed by atoms with Crippen molar-refractivity contribution < 1.29 is 9.53 Å². The van der Waals surface area contributed by atoms with E-state index in [4.69, 9.17) is 10.5 Å². The lowest BCUT2D eigenvalue weighted by Crippen LogP contribution is -2.30. The van der Waals surface area contributed by atoms with Crippen molar-refractivity contribution in [3.8, 4) is 0 Å². The number of hydrogen-bond donors (Lipinski definition) is 2. The predicted molar refractivity (Wildman–Crippen MR) is 64.0 cm³/mol. The highest BCUT2D eigenvalue weighted by Gasteiger charge is 2.21. The minimum absolute atomic E-state index is 0.160. The molecule has 0 atom stereocenters. The topological polar surface area (TPSA) is 64.3 Å². The van der Waals surface area contributed by atoms with Gasteiger partial charge in [0.15, 0.2) is 0 Å². The van der Waals surface area contributed by atoms with Crippen molar-refractivity contribution in [1.29, 1.82) is 0 Å². The highest BCUT2D eigenvalue weighted by molar-refractivity contribution is 5.76. The van der Waals surface area contributed by atoms with Gasteiger partial charge < -0.3 is 15.8 Å². The van der Waals surface area contributed by atoms with Crippen molar-refractivity contribution in [3.63, 3.8) is 0 Å². The maximum absolute atomic E-state index is 11.5. The zero-order chi connectivity index (χ0) is 11.8. The molecule has 1 aliphatic carbocycles. The summed E-state index contributed by atoms with van der Waals surface area (Å²) in [6.07, 6.45) is 5.35. The van der Waals surface area contributed by atoms with Gasteiger partial charge in [-0.3, -0.25) is 4.79 Å². The van der Waals surface area contributed by atoms with Gasteiger partial charge in [0.25, 0.3) is 0 Å². The minimum atomic E-state index is 0.160. The third-order valence-electron chi connectivity index (χ3n) is 3.40. The van der Waals surface area contributed by atoms with Crippen LogP contribution in [0.25, 0.3) is 0 Å². The van der Waals surface area contributed by atoms with Gasteiger partial charge >= 0.3 is 0 Å². The number of amides is 1. The molecular weight excluding hydrogens is 204 g/mol. The summed E-state index contributed by atoms with van der Waals surface area (Å²) in [7, 11) is 1.64. The van der Waals surface area contributed by atoms with Crippen LogP contribution in [0.1, 0.15) is 32.1 Å². The highest BCUT2D eigenvalue weighted by Crippen LogP contribution is 2.29. The van der Waals surface area contributed by atoms with Crippen LogP contribution in [-0.4, -0.2) is 32.7 Å². The van der Waals surface area contributed by atoms with Gasteiger partial charge in [-0.25, -0.2) is 0 Å². The SMILES string of the molecule is COCCNC(=O)CC1CCC(CN)CC1. The Morgan fingerprint density at radius 3 is 2.50 bits per heavy atom. The van der Waals surface area contributed by atoms with Crippen LogP contribution >= 0.6 is 0 Å². The Bertz CT molecular complexity index is 201. The van der Waals surface area contributed by atoms with Crippen molar-refractivity contribution in [1.82, 2.24) is 5.32 Å². The maximum atomic E-state index is 11.5. The minimum Gasteiger partial charge on any atom is -0.383 e. The molecule has 0 aromatic carbocycles. The van der Waals surface area contributed by atoms with Gasteiger partial charge in [-0.2, -0.15) is 0 Å². The summed E-state index contributed by atoms with van der Waals surface area (Å²) in [6, 6.07) is 0. The van der Waals surface area contributed by atoms with Crippen molar-refractivity contribution in [2.75, 3.05) is 26.8 Å². The second kappa shape index (κ2) is 7.63. The van der Waals surface area contributed by atoms with Gasteiger partial charge in [0.1, 0.15) is 0 Å². The number of nitrogens with one attached hydrogen (secondary N) is 1. The summed E-state index contributed by atoms with van der Waals surface area (Å²) >= 11 is 0. The second-order valence-corrected chi connectivity index (χ2v) is 4.67. The number of nitrogens with two attached hydrogens (primary N) is 1. The molecule has 1 rings (SSSR count). The van der Waals surface area contributed by atoms with E-state index in [9.17, 15) is 4.79 Å². The summed E-state index contributed by atoms with van der Waals surface area (Å²) in [5.41, 5.74) is 5.64. The van der Waals surface area contributed by atoms with Gasteiger partial charge in [0.2, 0.25) is 5.91 Å². The third-order valence-corrected chi connectivity index (χ3v) is 3.40. The Kier molecular flexibility index (Phi) is 6.42. The second-order valence-electron chi connectivity index (χ2n) is 4.67. The zero-order valence-corrected chi connectivity index (χ0v) is 10.2. The number of rotatable bonds is 6. The Labute approximate surface area is 97.9 Å². The molecule has 1 saturated carbocycles. The Morgan fingerprint density at radius 2 is 1.94 bits per heavy atom. The average molecular weight is 228 g/mol. The molecule has 4 nitrogen and oxygen atoms in total. The number of methoxy groups -OCH3 is 1. The van der Waals surface area contributed by atoms with Crippen LogP contribution in [0, 0.1) is 11.8 Å². The monoisotopic (exact) mass is 228 g/mol. The van der Waals surface area contributed by atoms with E-state index < -0.39 is 0 Å². The molecule has 1 fully saturated rings. The molecule has 0 aromatic heterocycles. The molecule has 0 aromatic rings. The quantitative estimate of drug-likeness (QED) is 0.664. The summed E-state index contributed by atoms with van der Waals surface area (Å²) in [5, 5.41) is 2.87. The van der Waals surface area contributed by atoms with Crippen molar-refractivity contribution in [2.24, 2.45) is 17.6 Å². The van der Waals surface area contributed by atoms with Gasteiger partial charge in [-0.15, -0.1) is 0 Å². The van der Waals surface area contributed by atoms with E-state index in [1.165, 1.54) is 12.8 Å². The molecule has 0 aliphatic heterocycles. The van der Waals surface area contributed by atoms with Crippen LogP contribution in [0.15, 0.2) is 0 Å². The first-order chi connectivity index (χ1) is 7.76. The van der Waals surface area contributed by atoms with E-state index in [0.717, 1.165) is 19.4 Å². The lowest BCUT2D eigenvalue weighted by atomic mass is 9.80. The van der Waals surface area contributed by atoms with E-state index in [0.29, 0.717) is 31.4 Å². The molecule has 16 heavy (non-hydrogen) atoms. The summed E-state index contributed by atoms with van der Waals surface area (Å²) in [5.74, 6) is 1.41. The van der Waals surface area contributed by atoms with Gasteiger partial charge in [-0.05, 0) is 44.1 Å². The van der Waals surface area contributed by atoms with E-state index in [2.05, 4.69) is 5.32 Å². The van der Waals surface area contributed by atoms with E-state index in [1.54, 1.807) is 7.11 Å². The Balaban J connectivity index is 2.10. The summed E-state index contributed by atoms with van der Waals surface area (Å²) in [4.78, 5) is 11.5. The first-order valence-corrected chi connectivity index (χ1v) is 6.22. The number of carbonyl (C=O) groups is 1. The highest BCUT2D eigenvalue weighted by atomic mass is 16.5. The van der Waals surface area contributed by atoms with Crippen LogP contribution in [0.5, 0.6) is 0 Å². The summed E-state index contributed by atoms with van der Waals surface area (Å²) < 4.78 is 4.88. The standard InChI is InChI=1S/C12H24N2O2/c1-16-7-6-14-12(15)8-10-2-4-11(9-13)5-3-10/h10-11H,2-9,13H2,1H3,(H,14,15). The molecule has 0 bridgehead atoms. The molecule has 0 saturated heterocycles. The largest absolute Gasteiger partial charge is 0.383 e. The number of carbonyl (C=O) groups excluding carboxylic acids is 1. The third kappa shape index (κ3) is 4.94. The van der Waals surface area contributed by atoms with Crippen molar-refractivity contribution >= 4 is 5.91 Å². The fourth-order valence-electron chi connectivity index (χ4n) is 2.30. The maximum Gasteiger partial charge on any atom is 0.220 e. The van der Waals surface area contributed by atoms with Gasteiger partial charge in [0, 0.05) is 20.1 Å². The van der Waals surface area contributed by atoms with E-state index in [-0.39, 0.29) is 5.91 Å². The first kappa shape index (κ1) is 13.5. The average Bonchev–Trinajstić information content (AvgIpc) is 2.30. The zero-order valence-electron chi connectivity index (χ0n) is 10.2. The molecule has 0 radical (unpaired) electrons.